The molecule has 1 heterocycles. The van der Waals surface area contributed by atoms with Crippen molar-refractivity contribution in [2.75, 3.05) is 5.32 Å². The average Bonchev–Trinajstić information content (AvgIpc) is 2.39. The summed E-state index contributed by atoms with van der Waals surface area (Å²) >= 11 is 0. The van der Waals surface area contributed by atoms with Crippen molar-refractivity contribution in [2.24, 2.45) is 0 Å². The lowest BCUT2D eigenvalue weighted by atomic mass is 10.4. The Morgan fingerprint density at radius 3 is 2.73 bits per heavy atom. The number of nitrogens with one attached hydrogen (secondary N) is 1. The van der Waals surface area contributed by atoms with Crippen molar-refractivity contribution in [3.8, 4) is 0 Å². The minimum atomic E-state index is -0.667. The summed E-state index contributed by atoms with van der Waals surface area (Å²) in [4.78, 5) is 21.1. The second kappa shape index (κ2) is 3.01. The Morgan fingerprint density at radius 2 is 2.27 bits per heavy atom. The number of carbonyl (C=O) groups excluding carboxylic acids is 2. The standard InChI is InChI=1S/C7H7NO3/c1-5(9)7(10)8-6-3-2-4-11-6/h2-4H,1H3,(H,8,10). The van der Waals surface area contributed by atoms with Gasteiger partial charge in [-0.25, -0.2) is 0 Å². The number of amides is 1. The van der Waals surface area contributed by atoms with E-state index in [1.807, 2.05) is 0 Å². The third-order valence-electron chi connectivity index (χ3n) is 1.08. The van der Waals surface area contributed by atoms with Crippen molar-refractivity contribution >= 4 is 17.6 Å². The van der Waals surface area contributed by atoms with Gasteiger partial charge in [0.1, 0.15) is 0 Å². The highest BCUT2D eigenvalue weighted by Crippen LogP contribution is 2.05. The van der Waals surface area contributed by atoms with Crippen molar-refractivity contribution in [2.45, 2.75) is 6.92 Å². The van der Waals surface area contributed by atoms with Crippen LogP contribution in [0.5, 0.6) is 0 Å². The summed E-state index contributed by atoms with van der Waals surface area (Å²) in [5.41, 5.74) is 0. The lowest BCUT2D eigenvalue weighted by Gasteiger charge is -1.94. The molecule has 0 aliphatic heterocycles. The molecule has 0 aliphatic carbocycles. The Bertz CT molecular complexity index is 263. The normalized spacial score (nSPS) is 9.18. The third kappa shape index (κ3) is 1.93. The molecule has 0 spiro atoms. The van der Waals surface area contributed by atoms with Crippen LogP contribution in [0.1, 0.15) is 6.92 Å². The molecule has 1 N–H and O–H groups in total. The number of carbonyl (C=O) groups is 2. The minimum absolute atomic E-state index is 0.283. The molecule has 0 fully saturated rings. The van der Waals surface area contributed by atoms with E-state index in [1.54, 1.807) is 12.1 Å². The number of hydrogen-bond donors (Lipinski definition) is 1. The van der Waals surface area contributed by atoms with Crippen LogP contribution >= 0.6 is 0 Å². The molecule has 58 valence electrons. The molecule has 0 saturated carbocycles. The Hall–Kier alpha value is -1.58. The van der Waals surface area contributed by atoms with E-state index in [4.69, 9.17) is 4.42 Å². The van der Waals surface area contributed by atoms with E-state index in [0.717, 1.165) is 0 Å². The van der Waals surface area contributed by atoms with Crippen LogP contribution in [0, 0.1) is 0 Å². The predicted molar refractivity (Wildman–Crippen MR) is 38.0 cm³/mol. The summed E-state index contributed by atoms with van der Waals surface area (Å²) < 4.78 is 4.77. The van der Waals surface area contributed by atoms with E-state index >= 15 is 0 Å². The Morgan fingerprint density at radius 1 is 1.55 bits per heavy atom. The van der Waals surface area contributed by atoms with Crippen molar-refractivity contribution in [1.29, 1.82) is 0 Å². The van der Waals surface area contributed by atoms with E-state index in [2.05, 4.69) is 5.32 Å². The van der Waals surface area contributed by atoms with Gasteiger partial charge in [-0.3, -0.25) is 14.9 Å². The van der Waals surface area contributed by atoms with Crippen LogP contribution in [0.25, 0.3) is 0 Å². The topological polar surface area (TPSA) is 59.3 Å². The maximum Gasteiger partial charge on any atom is 0.293 e. The van der Waals surface area contributed by atoms with Crippen molar-refractivity contribution in [3.63, 3.8) is 0 Å². The highest BCUT2D eigenvalue weighted by molar-refractivity contribution is 6.39. The molecule has 0 unspecified atom stereocenters. The first-order chi connectivity index (χ1) is 5.20. The van der Waals surface area contributed by atoms with Crippen molar-refractivity contribution in [1.82, 2.24) is 0 Å². The average molecular weight is 153 g/mol. The van der Waals surface area contributed by atoms with Crippen molar-refractivity contribution < 1.29 is 14.0 Å². The van der Waals surface area contributed by atoms with Gasteiger partial charge in [0.15, 0.2) is 5.88 Å². The molecule has 4 nitrogen and oxygen atoms in total. The second-order valence-corrected chi connectivity index (χ2v) is 1.99. The predicted octanol–water partition coefficient (Wildman–Crippen LogP) is 0.807. The van der Waals surface area contributed by atoms with Crippen LogP contribution in [-0.4, -0.2) is 11.7 Å². The molecule has 1 aromatic rings. The van der Waals surface area contributed by atoms with Gasteiger partial charge >= 0.3 is 0 Å². The van der Waals surface area contributed by atoms with Crippen LogP contribution < -0.4 is 5.32 Å². The molecule has 1 aromatic heterocycles. The summed E-state index contributed by atoms with van der Waals surface area (Å²) in [7, 11) is 0. The number of furan rings is 1. The number of Topliss-reactive ketones (excluding diaryl/α,β-unsaturated/α-hetero) is 1. The Balaban J connectivity index is 2.57. The van der Waals surface area contributed by atoms with Gasteiger partial charge in [0.2, 0.25) is 5.78 Å². The summed E-state index contributed by atoms with van der Waals surface area (Å²) in [6.07, 6.45) is 1.41. The summed E-state index contributed by atoms with van der Waals surface area (Å²) in [5.74, 6) is -0.924. The van der Waals surface area contributed by atoms with E-state index in [-0.39, 0.29) is 5.88 Å². The fourth-order valence-corrected chi connectivity index (χ4v) is 0.550. The third-order valence-corrected chi connectivity index (χ3v) is 1.08. The van der Waals surface area contributed by atoms with Gasteiger partial charge in [-0.2, -0.15) is 0 Å². The first-order valence-electron chi connectivity index (χ1n) is 3.05. The fourth-order valence-electron chi connectivity index (χ4n) is 0.550. The van der Waals surface area contributed by atoms with Gasteiger partial charge in [-0.1, -0.05) is 0 Å². The molecule has 0 aliphatic rings. The van der Waals surface area contributed by atoms with Gasteiger partial charge in [-0.05, 0) is 6.07 Å². The van der Waals surface area contributed by atoms with Gasteiger partial charge in [0, 0.05) is 13.0 Å². The van der Waals surface area contributed by atoms with Crippen LogP contribution in [-0.2, 0) is 9.59 Å². The number of anilines is 1. The zero-order valence-corrected chi connectivity index (χ0v) is 5.96. The number of ketones is 1. The van der Waals surface area contributed by atoms with Gasteiger partial charge in [0.25, 0.3) is 5.91 Å². The quantitative estimate of drug-likeness (QED) is 0.639. The maximum absolute atomic E-state index is 10.7. The molecule has 0 saturated heterocycles. The highest BCUT2D eigenvalue weighted by atomic mass is 16.3. The minimum Gasteiger partial charge on any atom is -0.449 e. The molecular weight excluding hydrogens is 146 g/mol. The largest absolute Gasteiger partial charge is 0.449 e. The molecule has 1 rings (SSSR count). The Kier molecular flexibility index (Phi) is 2.06. The molecular formula is C7H7NO3. The fraction of sp³-hybridized carbons (Fsp3) is 0.143. The van der Waals surface area contributed by atoms with Crippen LogP contribution in [0.2, 0.25) is 0 Å². The molecule has 0 atom stereocenters. The van der Waals surface area contributed by atoms with Gasteiger partial charge < -0.3 is 4.42 Å². The van der Waals surface area contributed by atoms with E-state index in [9.17, 15) is 9.59 Å². The van der Waals surface area contributed by atoms with Crippen molar-refractivity contribution in [3.05, 3.63) is 18.4 Å². The van der Waals surface area contributed by atoms with E-state index in [1.165, 1.54) is 13.2 Å². The SMILES string of the molecule is CC(=O)C(=O)Nc1ccco1. The van der Waals surface area contributed by atoms with Gasteiger partial charge in [-0.15, -0.1) is 0 Å². The lowest BCUT2D eigenvalue weighted by molar-refractivity contribution is -0.133. The molecule has 0 bridgehead atoms. The van der Waals surface area contributed by atoms with Gasteiger partial charge in [0.05, 0.1) is 6.26 Å². The monoisotopic (exact) mass is 153 g/mol. The number of hydrogen-bond acceptors (Lipinski definition) is 3. The first kappa shape index (κ1) is 7.53. The van der Waals surface area contributed by atoms with E-state index < -0.39 is 11.7 Å². The smallest absolute Gasteiger partial charge is 0.293 e. The molecule has 0 radical (unpaired) electrons. The second-order valence-electron chi connectivity index (χ2n) is 1.99. The Labute approximate surface area is 63.2 Å². The summed E-state index contributed by atoms with van der Waals surface area (Å²) in [6.45, 7) is 1.19. The highest BCUT2D eigenvalue weighted by Gasteiger charge is 2.07. The molecule has 0 aromatic carbocycles. The molecule has 4 heteroatoms. The summed E-state index contributed by atoms with van der Waals surface area (Å²) in [6, 6.07) is 3.18. The van der Waals surface area contributed by atoms with Crippen LogP contribution in [0.4, 0.5) is 5.88 Å². The van der Waals surface area contributed by atoms with Crippen LogP contribution in [0.15, 0.2) is 22.8 Å². The zero-order valence-electron chi connectivity index (χ0n) is 5.96. The number of rotatable bonds is 2. The van der Waals surface area contributed by atoms with E-state index in [0.29, 0.717) is 0 Å². The first-order valence-corrected chi connectivity index (χ1v) is 3.05. The zero-order chi connectivity index (χ0) is 8.27. The summed E-state index contributed by atoms with van der Waals surface area (Å²) in [5, 5.41) is 2.27. The molecule has 11 heavy (non-hydrogen) atoms. The lowest BCUT2D eigenvalue weighted by Crippen LogP contribution is -2.19. The molecule has 1 amide bonds. The maximum atomic E-state index is 10.7. The van der Waals surface area contributed by atoms with Crippen LogP contribution in [0.3, 0.4) is 0 Å².